The van der Waals surface area contributed by atoms with Gasteiger partial charge in [0.2, 0.25) is 0 Å². The number of nitrogens with one attached hydrogen (secondary N) is 1. The van der Waals surface area contributed by atoms with Crippen LogP contribution in [0, 0.1) is 12.7 Å². The summed E-state index contributed by atoms with van der Waals surface area (Å²) in [6, 6.07) is 4.15. The fourth-order valence-electron chi connectivity index (χ4n) is 2.74. The highest BCUT2D eigenvalue weighted by atomic mass is 32.1. The molecule has 0 spiro atoms. The van der Waals surface area contributed by atoms with Crippen LogP contribution in [-0.4, -0.2) is 23.4 Å². The van der Waals surface area contributed by atoms with Gasteiger partial charge in [0, 0.05) is 17.3 Å². The first-order valence-electron chi connectivity index (χ1n) is 7.90. The second-order valence-corrected chi connectivity index (χ2v) is 6.45. The van der Waals surface area contributed by atoms with E-state index in [0.717, 1.165) is 0 Å². The van der Waals surface area contributed by atoms with Gasteiger partial charge in [0.25, 0.3) is 0 Å². The Balaban J connectivity index is 2.13. The van der Waals surface area contributed by atoms with Crippen molar-refractivity contribution in [1.29, 1.82) is 0 Å². The van der Waals surface area contributed by atoms with E-state index in [2.05, 4.69) is 15.3 Å². The summed E-state index contributed by atoms with van der Waals surface area (Å²) in [7, 11) is 0. The molecule has 1 N–H and O–H groups in total. The fraction of sp³-hybridized carbons (Fsp3) is 0.278. The zero-order valence-electron chi connectivity index (χ0n) is 14.2. The molecule has 130 valence electrons. The normalized spacial score (nSPS) is 17.1. The summed E-state index contributed by atoms with van der Waals surface area (Å²) in [5.74, 6) is -0.222. The average Bonchev–Trinajstić information content (AvgIpc) is 3.11. The third kappa shape index (κ3) is 3.32. The maximum absolute atomic E-state index is 14.1. The molecule has 7 heteroatoms. The quantitative estimate of drug-likeness (QED) is 0.849. The number of allylic oxidation sites excluding steroid dienone is 1. The van der Waals surface area contributed by atoms with Crippen LogP contribution < -0.4 is 5.32 Å². The van der Waals surface area contributed by atoms with Crippen LogP contribution in [0.25, 0.3) is 0 Å². The molecule has 2 aromatic rings. The molecule has 1 aromatic heterocycles. The van der Waals surface area contributed by atoms with Crippen LogP contribution in [0.2, 0.25) is 0 Å². The Bertz CT molecular complexity index is 859. The van der Waals surface area contributed by atoms with E-state index >= 15 is 0 Å². The highest BCUT2D eigenvalue weighted by Crippen LogP contribution is 2.34. The van der Waals surface area contributed by atoms with E-state index < -0.39 is 12.0 Å². The maximum Gasteiger partial charge on any atom is 0.338 e. The molecule has 1 atom stereocenters. The summed E-state index contributed by atoms with van der Waals surface area (Å²) in [5, 5.41) is 5.68. The highest BCUT2D eigenvalue weighted by molar-refractivity contribution is 7.11. The Labute approximate surface area is 149 Å². The lowest BCUT2D eigenvalue weighted by molar-refractivity contribution is -0.138. The van der Waals surface area contributed by atoms with Gasteiger partial charge in [0.05, 0.1) is 12.2 Å². The number of carbonyl (C=O) groups is 1. The van der Waals surface area contributed by atoms with Crippen molar-refractivity contribution in [2.75, 3.05) is 6.61 Å². The second-order valence-electron chi connectivity index (χ2n) is 5.56. The summed E-state index contributed by atoms with van der Waals surface area (Å²) in [4.78, 5) is 21.4. The van der Waals surface area contributed by atoms with Gasteiger partial charge in [-0.3, -0.25) is 4.99 Å². The molecule has 0 bridgehead atoms. The van der Waals surface area contributed by atoms with Crippen molar-refractivity contribution in [1.82, 2.24) is 10.3 Å². The number of amidine groups is 1. The van der Waals surface area contributed by atoms with E-state index in [-0.39, 0.29) is 12.4 Å². The molecule has 0 amide bonds. The Morgan fingerprint density at radius 1 is 1.40 bits per heavy atom. The molecule has 5 nitrogen and oxygen atoms in total. The van der Waals surface area contributed by atoms with Crippen molar-refractivity contribution >= 4 is 23.1 Å². The monoisotopic (exact) mass is 359 g/mol. The van der Waals surface area contributed by atoms with Crippen molar-refractivity contribution < 1.29 is 13.9 Å². The molecule has 2 heterocycles. The van der Waals surface area contributed by atoms with Crippen LogP contribution in [0.4, 0.5) is 4.39 Å². The first kappa shape index (κ1) is 17.3. The maximum atomic E-state index is 14.1. The smallest absolute Gasteiger partial charge is 0.338 e. The van der Waals surface area contributed by atoms with E-state index in [1.54, 1.807) is 39.1 Å². The Morgan fingerprint density at radius 3 is 2.88 bits per heavy atom. The summed E-state index contributed by atoms with van der Waals surface area (Å²) in [6.45, 7) is 5.48. The SMILES string of the molecule is CCOC(=O)C1=C(C)NC(c2nccs2)=N[C@H]1c1cccc(F)c1C. The van der Waals surface area contributed by atoms with E-state index in [0.29, 0.717) is 33.2 Å². The number of nitrogens with zero attached hydrogens (tertiary/aromatic N) is 2. The molecular weight excluding hydrogens is 341 g/mol. The number of thiazole rings is 1. The minimum atomic E-state index is -0.644. The van der Waals surface area contributed by atoms with E-state index in [9.17, 15) is 9.18 Å². The zero-order valence-corrected chi connectivity index (χ0v) is 15.0. The molecule has 0 fully saturated rings. The molecule has 0 saturated carbocycles. The van der Waals surface area contributed by atoms with Gasteiger partial charge >= 0.3 is 5.97 Å². The summed E-state index contributed by atoms with van der Waals surface area (Å²) < 4.78 is 19.3. The molecule has 0 aliphatic carbocycles. The third-order valence-electron chi connectivity index (χ3n) is 3.98. The van der Waals surface area contributed by atoms with E-state index in [1.165, 1.54) is 17.4 Å². The van der Waals surface area contributed by atoms with Crippen molar-refractivity contribution in [2.24, 2.45) is 4.99 Å². The first-order valence-corrected chi connectivity index (χ1v) is 8.78. The largest absolute Gasteiger partial charge is 0.463 e. The Morgan fingerprint density at radius 2 is 2.20 bits per heavy atom. The van der Waals surface area contributed by atoms with Crippen LogP contribution in [0.5, 0.6) is 0 Å². The molecule has 1 aliphatic rings. The Hall–Kier alpha value is -2.54. The predicted octanol–water partition coefficient (Wildman–Crippen LogP) is 3.52. The molecule has 1 aromatic carbocycles. The topological polar surface area (TPSA) is 63.6 Å². The van der Waals surface area contributed by atoms with Crippen LogP contribution in [0.3, 0.4) is 0 Å². The van der Waals surface area contributed by atoms with Crippen molar-refractivity contribution in [3.8, 4) is 0 Å². The molecule has 0 unspecified atom stereocenters. The highest BCUT2D eigenvalue weighted by Gasteiger charge is 2.32. The van der Waals surface area contributed by atoms with Crippen LogP contribution in [0.15, 0.2) is 46.0 Å². The van der Waals surface area contributed by atoms with Gasteiger partial charge in [-0.1, -0.05) is 12.1 Å². The molecule has 3 rings (SSSR count). The number of rotatable bonds is 4. The number of halogens is 1. The number of aliphatic imine (C=N–C) groups is 1. The van der Waals surface area contributed by atoms with Gasteiger partial charge < -0.3 is 10.1 Å². The molecular formula is C18H18FN3O2S. The van der Waals surface area contributed by atoms with Crippen molar-refractivity contribution in [3.63, 3.8) is 0 Å². The lowest BCUT2D eigenvalue weighted by Crippen LogP contribution is -2.33. The van der Waals surface area contributed by atoms with Gasteiger partial charge in [-0.15, -0.1) is 11.3 Å². The number of hydrogen-bond donors (Lipinski definition) is 1. The summed E-state index contributed by atoms with van der Waals surface area (Å²) in [5.41, 5.74) is 2.12. The van der Waals surface area contributed by atoms with Crippen molar-refractivity contribution in [3.05, 3.63) is 63.0 Å². The third-order valence-corrected chi connectivity index (χ3v) is 4.76. The lowest BCUT2D eigenvalue weighted by Gasteiger charge is -2.26. The average molecular weight is 359 g/mol. The number of ether oxygens (including phenoxy) is 1. The molecule has 0 saturated heterocycles. The zero-order chi connectivity index (χ0) is 18.0. The Kier molecular flexibility index (Phi) is 4.94. The van der Waals surface area contributed by atoms with Crippen LogP contribution in [-0.2, 0) is 9.53 Å². The lowest BCUT2D eigenvalue weighted by atomic mass is 9.92. The number of carbonyl (C=O) groups excluding carboxylic acids is 1. The van der Waals surface area contributed by atoms with Gasteiger partial charge in [0.1, 0.15) is 11.9 Å². The van der Waals surface area contributed by atoms with Crippen LogP contribution >= 0.6 is 11.3 Å². The fourth-order valence-corrected chi connectivity index (χ4v) is 3.33. The molecule has 25 heavy (non-hydrogen) atoms. The van der Waals surface area contributed by atoms with Crippen molar-refractivity contribution in [2.45, 2.75) is 26.8 Å². The molecule has 0 radical (unpaired) electrons. The number of benzene rings is 1. The number of aromatic nitrogens is 1. The minimum Gasteiger partial charge on any atom is -0.463 e. The van der Waals surface area contributed by atoms with Gasteiger partial charge in [-0.25, -0.2) is 14.2 Å². The van der Waals surface area contributed by atoms with E-state index in [1.807, 2.05) is 5.38 Å². The van der Waals surface area contributed by atoms with Crippen LogP contribution in [0.1, 0.15) is 36.0 Å². The second kappa shape index (κ2) is 7.14. The summed E-state index contributed by atoms with van der Waals surface area (Å²) >= 11 is 1.44. The predicted molar refractivity (Wildman–Crippen MR) is 95.0 cm³/mol. The number of hydrogen-bond acceptors (Lipinski definition) is 6. The minimum absolute atomic E-state index is 0.257. The molecule has 1 aliphatic heterocycles. The van der Waals surface area contributed by atoms with Gasteiger partial charge in [-0.05, 0) is 38.0 Å². The number of esters is 1. The standard InChI is InChI=1S/C18H18FN3O2S/c1-4-24-18(23)14-11(3)21-16(17-20-8-9-25-17)22-15(14)12-6-5-7-13(19)10(12)2/h5-9,15H,4H2,1-3H3,(H,21,22)/t15-/m0/s1. The van der Waals surface area contributed by atoms with Gasteiger partial charge in [0.15, 0.2) is 10.8 Å². The first-order chi connectivity index (χ1) is 12.0. The summed E-state index contributed by atoms with van der Waals surface area (Å²) in [6.07, 6.45) is 1.69. The van der Waals surface area contributed by atoms with E-state index in [4.69, 9.17) is 4.74 Å². The van der Waals surface area contributed by atoms with Gasteiger partial charge in [-0.2, -0.15) is 0 Å².